The lowest BCUT2D eigenvalue weighted by atomic mass is 10.2. The molecule has 3 rings (SSSR count). The Labute approximate surface area is 136 Å². The fourth-order valence-corrected chi connectivity index (χ4v) is 2.98. The second kappa shape index (κ2) is 6.62. The standard InChI is InChI=1S/C9H9N3O3S.C7H8/c1-11-7(14)4-3-5(6(10)13)16-8(4)12(2)9(11)15;1-7-5-3-2-4-6-7/h3H,1-2H3,(H2,10,13);2-6H,1H3. The molecule has 7 heteroatoms. The third-order valence-electron chi connectivity index (χ3n) is 3.31. The second-order valence-electron chi connectivity index (χ2n) is 5.05. The van der Waals surface area contributed by atoms with E-state index in [0.717, 1.165) is 15.9 Å². The monoisotopic (exact) mass is 331 g/mol. The van der Waals surface area contributed by atoms with Gasteiger partial charge < -0.3 is 5.73 Å². The normalized spacial score (nSPS) is 10.2. The molecule has 0 aliphatic heterocycles. The van der Waals surface area contributed by atoms with Gasteiger partial charge in [0.2, 0.25) is 0 Å². The van der Waals surface area contributed by atoms with Gasteiger partial charge in [-0.15, -0.1) is 11.3 Å². The molecule has 3 aromatic rings. The van der Waals surface area contributed by atoms with Crippen LogP contribution < -0.4 is 17.0 Å². The third kappa shape index (κ3) is 3.40. The molecule has 2 N–H and O–H groups in total. The van der Waals surface area contributed by atoms with Gasteiger partial charge >= 0.3 is 5.69 Å². The summed E-state index contributed by atoms with van der Waals surface area (Å²) in [6.07, 6.45) is 0. The van der Waals surface area contributed by atoms with Gasteiger partial charge in [0.15, 0.2) is 0 Å². The Hall–Kier alpha value is -2.67. The van der Waals surface area contributed by atoms with Crippen molar-refractivity contribution in [2.75, 3.05) is 0 Å². The Bertz CT molecular complexity index is 968. The molecule has 23 heavy (non-hydrogen) atoms. The first-order chi connectivity index (χ1) is 10.8. The largest absolute Gasteiger partial charge is 0.365 e. The Kier molecular flexibility index (Phi) is 4.80. The van der Waals surface area contributed by atoms with Crippen LogP contribution in [0.2, 0.25) is 0 Å². The molecule has 2 heterocycles. The first kappa shape index (κ1) is 16.7. The average Bonchev–Trinajstić information content (AvgIpc) is 2.98. The number of nitrogens with two attached hydrogens (primary N) is 1. The molecule has 6 nitrogen and oxygen atoms in total. The molecule has 0 saturated carbocycles. The number of amides is 1. The molecular weight excluding hydrogens is 314 g/mol. The first-order valence-corrected chi connectivity index (χ1v) is 7.65. The van der Waals surface area contributed by atoms with E-state index in [-0.39, 0.29) is 4.88 Å². The molecule has 2 aromatic heterocycles. The number of nitrogens with zero attached hydrogens (tertiary/aromatic N) is 2. The number of carbonyl (C=O) groups is 1. The highest BCUT2D eigenvalue weighted by Crippen LogP contribution is 2.20. The summed E-state index contributed by atoms with van der Waals surface area (Å²) in [5, 5.41) is 0.336. The van der Waals surface area contributed by atoms with Crippen LogP contribution in [0.3, 0.4) is 0 Å². The first-order valence-electron chi connectivity index (χ1n) is 6.84. The van der Waals surface area contributed by atoms with Gasteiger partial charge in [-0.25, -0.2) is 4.79 Å². The molecule has 120 valence electrons. The van der Waals surface area contributed by atoms with Gasteiger partial charge in [0, 0.05) is 14.1 Å². The van der Waals surface area contributed by atoms with Gasteiger partial charge in [0.1, 0.15) is 4.83 Å². The zero-order valence-corrected chi connectivity index (χ0v) is 13.9. The maximum absolute atomic E-state index is 11.7. The fourth-order valence-electron chi connectivity index (χ4n) is 2.02. The van der Waals surface area contributed by atoms with Crippen molar-refractivity contribution >= 4 is 27.5 Å². The second-order valence-corrected chi connectivity index (χ2v) is 6.08. The van der Waals surface area contributed by atoms with Gasteiger partial charge in [0.25, 0.3) is 11.5 Å². The summed E-state index contributed by atoms with van der Waals surface area (Å²) in [4.78, 5) is 35.1. The highest BCUT2D eigenvalue weighted by Gasteiger charge is 2.14. The van der Waals surface area contributed by atoms with E-state index in [2.05, 4.69) is 19.1 Å². The van der Waals surface area contributed by atoms with Gasteiger partial charge in [-0.3, -0.25) is 18.7 Å². The Balaban J connectivity index is 0.000000229. The van der Waals surface area contributed by atoms with E-state index < -0.39 is 17.2 Å². The summed E-state index contributed by atoms with van der Waals surface area (Å²) in [6.45, 7) is 2.08. The number of hydrogen-bond acceptors (Lipinski definition) is 4. The number of hydrogen-bond donors (Lipinski definition) is 1. The lowest BCUT2D eigenvalue weighted by molar-refractivity contribution is 0.100. The number of thiophene rings is 1. The van der Waals surface area contributed by atoms with Gasteiger partial charge in [0.05, 0.1) is 10.3 Å². The number of fused-ring (bicyclic) bond motifs is 1. The number of carbonyl (C=O) groups excluding carboxylic acids is 1. The third-order valence-corrected chi connectivity index (χ3v) is 4.54. The van der Waals surface area contributed by atoms with E-state index in [0.29, 0.717) is 10.2 Å². The molecule has 1 aromatic carbocycles. The SMILES string of the molecule is Cc1ccccc1.Cn1c(=O)c2cc(C(N)=O)sc2n(C)c1=O. The van der Waals surface area contributed by atoms with Gasteiger partial charge in [-0.05, 0) is 13.0 Å². The molecule has 1 amide bonds. The summed E-state index contributed by atoms with van der Waals surface area (Å²) in [5.41, 5.74) is 5.61. The minimum absolute atomic E-state index is 0.272. The summed E-state index contributed by atoms with van der Waals surface area (Å²) in [7, 11) is 2.94. The van der Waals surface area contributed by atoms with Crippen molar-refractivity contribution in [3.8, 4) is 0 Å². The van der Waals surface area contributed by atoms with Crippen LogP contribution in [0.4, 0.5) is 0 Å². The van der Waals surface area contributed by atoms with E-state index in [4.69, 9.17) is 5.73 Å². The molecule has 0 fully saturated rings. The van der Waals surface area contributed by atoms with Crippen molar-refractivity contribution in [3.63, 3.8) is 0 Å². The quantitative estimate of drug-likeness (QED) is 0.731. The van der Waals surface area contributed by atoms with Crippen LogP contribution in [0, 0.1) is 6.92 Å². The van der Waals surface area contributed by atoms with Crippen LogP contribution in [-0.4, -0.2) is 15.0 Å². The molecule has 0 aliphatic rings. The minimum atomic E-state index is -0.601. The summed E-state index contributed by atoms with van der Waals surface area (Å²) >= 11 is 1.04. The maximum atomic E-state index is 11.7. The van der Waals surface area contributed by atoms with Crippen LogP contribution in [0.5, 0.6) is 0 Å². The zero-order chi connectivity index (χ0) is 17.1. The van der Waals surface area contributed by atoms with Crippen molar-refractivity contribution in [2.24, 2.45) is 19.8 Å². The number of primary amides is 1. The van der Waals surface area contributed by atoms with Crippen LogP contribution in [0.15, 0.2) is 46.0 Å². The summed E-state index contributed by atoms with van der Waals surface area (Å²) in [6, 6.07) is 11.7. The van der Waals surface area contributed by atoms with Crippen LogP contribution in [-0.2, 0) is 14.1 Å². The number of aromatic nitrogens is 2. The van der Waals surface area contributed by atoms with Crippen molar-refractivity contribution in [3.05, 3.63) is 67.7 Å². The fraction of sp³-hybridized carbons (Fsp3) is 0.188. The van der Waals surface area contributed by atoms with E-state index in [9.17, 15) is 14.4 Å². The molecule has 0 bridgehead atoms. The highest BCUT2D eigenvalue weighted by atomic mass is 32.1. The van der Waals surface area contributed by atoms with E-state index in [1.807, 2.05) is 18.2 Å². The summed E-state index contributed by atoms with van der Waals surface area (Å²) < 4.78 is 2.33. The van der Waals surface area contributed by atoms with Gasteiger partial charge in [-0.2, -0.15) is 0 Å². The Morgan fingerprint density at radius 2 is 1.70 bits per heavy atom. The predicted molar refractivity (Wildman–Crippen MR) is 92.0 cm³/mol. The topological polar surface area (TPSA) is 87.1 Å². The molecule has 0 spiro atoms. The molecular formula is C16H17N3O3S. The number of aryl methyl sites for hydroxylation is 2. The molecule has 0 unspecified atom stereocenters. The lowest BCUT2D eigenvalue weighted by Crippen LogP contribution is -2.36. The van der Waals surface area contributed by atoms with E-state index in [1.54, 1.807) is 7.05 Å². The van der Waals surface area contributed by atoms with Gasteiger partial charge in [-0.1, -0.05) is 35.9 Å². The minimum Gasteiger partial charge on any atom is -0.365 e. The highest BCUT2D eigenvalue weighted by molar-refractivity contribution is 7.20. The molecule has 0 radical (unpaired) electrons. The van der Waals surface area contributed by atoms with E-state index in [1.165, 1.54) is 23.2 Å². The van der Waals surface area contributed by atoms with Crippen molar-refractivity contribution in [1.82, 2.24) is 9.13 Å². The van der Waals surface area contributed by atoms with Crippen LogP contribution in [0.1, 0.15) is 15.2 Å². The maximum Gasteiger partial charge on any atom is 0.331 e. The van der Waals surface area contributed by atoms with E-state index >= 15 is 0 Å². The molecule has 0 aliphatic carbocycles. The van der Waals surface area contributed by atoms with Crippen molar-refractivity contribution in [2.45, 2.75) is 6.92 Å². The summed E-state index contributed by atoms with van der Waals surface area (Å²) in [5.74, 6) is -0.601. The Morgan fingerprint density at radius 3 is 2.17 bits per heavy atom. The van der Waals surface area contributed by atoms with Crippen molar-refractivity contribution in [1.29, 1.82) is 0 Å². The zero-order valence-electron chi connectivity index (χ0n) is 13.1. The van der Waals surface area contributed by atoms with Crippen LogP contribution in [0.25, 0.3) is 10.2 Å². The number of rotatable bonds is 1. The Morgan fingerprint density at radius 1 is 1.09 bits per heavy atom. The number of benzene rings is 1. The van der Waals surface area contributed by atoms with Crippen molar-refractivity contribution < 1.29 is 4.79 Å². The molecule has 0 atom stereocenters. The lowest BCUT2D eigenvalue weighted by Gasteiger charge is -2.01. The van der Waals surface area contributed by atoms with Crippen LogP contribution >= 0.6 is 11.3 Å². The molecule has 0 saturated heterocycles. The smallest absolute Gasteiger partial charge is 0.331 e. The predicted octanol–water partition coefficient (Wildman–Crippen LogP) is 1.39. The average molecular weight is 331 g/mol.